The Kier molecular flexibility index (Phi) is 7.54. The van der Waals surface area contributed by atoms with Gasteiger partial charge in [-0.3, -0.25) is 4.79 Å². The third-order valence-corrected chi connectivity index (χ3v) is 4.92. The van der Waals surface area contributed by atoms with Crippen LogP contribution in [0.5, 0.6) is 0 Å². The second kappa shape index (κ2) is 8.68. The van der Waals surface area contributed by atoms with Crippen molar-refractivity contribution >= 4 is 42.1 Å². The van der Waals surface area contributed by atoms with Gasteiger partial charge >= 0.3 is 0 Å². The van der Waals surface area contributed by atoms with Gasteiger partial charge in [-0.05, 0) is 25.8 Å². The van der Waals surface area contributed by atoms with Crippen LogP contribution in [0.4, 0.5) is 0 Å². The van der Waals surface area contributed by atoms with Gasteiger partial charge in [0.25, 0.3) is 5.91 Å². The van der Waals surface area contributed by atoms with Crippen molar-refractivity contribution in [2.45, 2.75) is 32.2 Å². The third kappa shape index (κ3) is 4.47. The number of hydrogen-bond donors (Lipinski definition) is 1. The zero-order chi connectivity index (χ0) is 14.8. The first-order valence-corrected chi connectivity index (χ1v) is 8.04. The average molecular weight is 378 g/mol. The van der Waals surface area contributed by atoms with Gasteiger partial charge in [0.1, 0.15) is 12.0 Å². The maximum Gasteiger partial charge on any atom is 0.257 e. The molecule has 8 heteroatoms. The lowest BCUT2D eigenvalue weighted by molar-refractivity contribution is 0.0706. The number of nitrogens with zero attached hydrogens (tertiary/aromatic N) is 2. The Morgan fingerprint density at radius 3 is 2.91 bits per heavy atom. The standard InChI is InChI=1S/C15H19N3O2S.2ClH/c1-10-9-21-14(17-10)11-3-2-4-18(7-11)15(19)12-5-13(6-16)20-8-12;;/h5,8-9,11H,2-4,6-7,16H2,1H3;2*1H. The number of piperidine rings is 1. The predicted octanol–water partition coefficient (Wildman–Crippen LogP) is 3.37. The van der Waals surface area contributed by atoms with Crippen LogP contribution in [0.3, 0.4) is 0 Å². The summed E-state index contributed by atoms with van der Waals surface area (Å²) in [6, 6.07) is 1.74. The molecule has 3 rings (SSSR count). The fourth-order valence-electron chi connectivity index (χ4n) is 2.71. The number of rotatable bonds is 3. The zero-order valence-corrected chi connectivity index (χ0v) is 15.3. The van der Waals surface area contributed by atoms with E-state index in [2.05, 4.69) is 10.4 Å². The number of carbonyl (C=O) groups excluding carboxylic acids is 1. The summed E-state index contributed by atoms with van der Waals surface area (Å²) in [6.45, 7) is 3.84. The number of hydrogen-bond acceptors (Lipinski definition) is 5. The summed E-state index contributed by atoms with van der Waals surface area (Å²) in [7, 11) is 0. The smallest absolute Gasteiger partial charge is 0.257 e. The number of furan rings is 1. The molecule has 2 N–H and O–H groups in total. The van der Waals surface area contributed by atoms with E-state index < -0.39 is 0 Å². The summed E-state index contributed by atoms with van der Waals surface area (Å²) >= 11 is 1.69. The van der Waals surface area contributed by atoms with Crippen LogP contribution in [0.15, 0.2) is 22.1 Å². The molecule has 1 fully saturated rings. The SMILES string of the molecule is Cc1csc(C2CCCN(C(=O)c3coc(CN)c3)C2)n1.Cl.Cl. The number of nitrogens with two attached hydrogens (primary N) is 1. The monoisotopic (exact) mass is 377 g/mol. The lowest BCUT2D eigenvalue weighted by Gasteiger charge is -2.31. The van der Waals surface area contributed by atoms with E-state index in [9.17, 15) is 4.79 Å². The number of aryl methyl sites for hydroxylation is 1. The molecule has 1 atom stereocenters. The topological polar surface area (TPSA) is 72.4 Å². The normalized spacial score (nSPS) is 17.3. The molecule has 0 aromatic carbocycles. The van der Waals surface area contributed by atoms with Crippen LogP contribution < -0.4 is 5.73 Å². The van der Waals surface area contributed by atoms with E-state index in [0.29, 0.717) is 23.8 Å². The Balaban J connectivity index is 0.00000132. The lowest BCUT2D eigenvalue weighted by atomic mass is 9.98. The highest BCUT2D eigenvalue weighted by molar-refractivity contribution is 7.09. The van der Waals surface area contributed by atoms with Crippen LogP contribution in [0.2, 0.25) is 0 Å². The van der Waals surface area contributed by atoms with E-state index in [1.165, 1.54) is 6.26 Å². The number of carbonyl (C=O) groups is 1. The van der Waals surface area contributed by atoms with Gasteiger partial charge in [-0.25, -0.2) is 4.98 Å². The van der Waals surface area contributed by atoms with Gasteiger partial charge in [-0.15, -0.1) is 36.2 Å². The summed E-state index contributed by atoms with van der Waals surface area (Å²) in [6.07, 6.45) is 3.61. The van der Waals surface area contributed by atoms with E-state index in [0.717, 1.165) is 36.6 Å². The molecule has 2 aromatic heterocycles. The van der Waals surface area contributed by atoms with Crippen LogP contribution in [0.1, 0.15) is 45.6 Å². The molecule has 0 aliphatic carbocycles. The molecule has 1 aliphatic heterocycles. The van der Waals surface area contributed by atoms with Gasteiger partial charge in [0.15, 0.2) is 0 Å². The van der Waals surface area contributed by atoms with E-state index in [1.54, 1.807) is 17.4 Å². The van der Waals surface area contributed by atoms with E-state index in [-0.39, 0.29) is 30.7 Å². The Bertz CT molecular complexity index is 644. The van der Waals surface area contributed by atoms with Crippen LogP contribution in [-0.4, -0.2) is 28.9 Å². The Labute approximate surface area is 152 Å². The molecular formula is C15H21Cl2N3O2S. The highest BCUT2D eigenvalue weighted by Crippen LogP contribution is 2.30. The second-order valence-electron chi connectivity index (χ2n) is 5.42. The molecule has 0 radical (unpaired) electrons. The number of likely N-dealkylation sites (tertiary alicyclic amines) is 1. The minimum atomic E-state index is 0. The van der Waals surface area contributed by atoms with Crippen LogP contribution in [0.25, 0.3) is 0 Å². The van der Waals surface area contributed by atoms with Crippen LogP contribution in [-0.2, 0) is 6.54 Å². The van der Waals surface area contributed by atoms with Crippen molar-refractivity contribution in [3.8, 4) is 0 Å². The van der Waals surface area contributed by atoms with E-state index >= 15 is 0 Å². The van der Waals surface area contributed by atoms with Crippen LogP contribution in [0, 0.1) is 6.92 Å². The minimum absolute atomic E-state index is 0. The van der Waals surface area contributed by atoms with Crippen LogP contribution >= 0.6 is 36.2 Å². The zero-order valence-electron chi connectivity index (χ0n) is 12.9. The van der Waals surface area contributed by atoms with Crippen molar-refractivity contribution in [1.29, 1.82) is 0 Å². The molecule has 3 heterocycles. The van der Waals surface area contributed by atoms with E-state index in [4.69, 9.17) is 10.2 Å². The lowest BCUT2D eigenvalue weighted by Crippen LogP contribution is -2.38. The maximum absolute atomic E-state index is 12.5. The number of amides is 1. The summed E-state index contributed by atoms with van der Waals surface area (Å²) in [4.78, 5) is 19.0. The average Bonchev–Trinajstić information content (AvgIpc) is 3.15. The third-order valence-electron chi connectivity index (χ3n) is 3.80. The molecule has 0 saturated carbocycles. The molecule has 1 amide bonds. The molecule has 5 nitrogen and oxygen atoms in total. The van der Waals surface area contributed by atoms with E-state index in [1.807, 2.05) is 11.8 Å². The van der Waals surface area contributed by atoms with Gasteiger partial charge < -0.3 is 15.1 Å². The first-order chi connectivity index (χ1) is 10.2. The fraction of sp³-hybridized carbons (Fsp3) is 0.467. The minimum Gasteiger partial charge on any atom is -0.467 e. The molecule has 1 aliphatic rings. The van der Waals surface area contributed by atoms with Gasteiger partial charge in [-0.1, -0.05) is 0 Å². The highest BCUT2D eigenvalue weighted by Gasteiger charge is 2.27. The van der Waals surface area contributed by atoms with Gasteiger partial charge in [0.05, 0.1) is 17.1 Å². The summed E-state index contributed by atoms with van der Waals surface area (Å²) in [5, 5.41) is 3.21. The van der Waals surface area contributed by atoms with Crippen molar-refractivity contribution < 1.29 is 9.21 Å². The molecule has 0 spiro atoms. The maximum atomic E-state index is 12.5. The summed E-state index contributed by atoms with van der Waals surface area (Å²) < 4.78 is 5.26. The van der Waals surface area contributed by atoms with Gasteiger partial charge in [0.2, 0.25) is 0 Å². The van der Waals surface area contributed by atoms with Gasteiger partial charge in [0, 0.05) is 30.1 Å². The van der Waals surface area contributed by atoms with Crippen molar-refractivity contribution in [3.05, 3.63) is 39.7 Å². The number of thiazole rings is 1. The number of aromatic nitrogens is 1. The molecule has 23 heavy (non-hydrogen) atoms. The van der Waals surface area contributed by atoms with Crippen molar-refractivity contribution in [2.24, 2.45) is 5.73 Å². The quantitative estimate of drug-likeness (QED) is 0.889. The highest BCUT2D eigenvalue weighted by atomic mass is 35.5. The van der Waals surface area contributed by atoms with Crippen molar-refractivity contribution in [1.82, 2.24) is 9.88 Å². The first-order valence-electron chi connectivity index (χ1n) is 7.16. The molecular weight excluding hydrogens is 357 g/mol. The first kappa shape index (κ1) is 20.0. The van der Waals surface area contributed by atoms with Crippen molar-refractivity contribution in [3.63, 3.8) is 0 Å². The summed E-state index contributed by atoms with van der Waals surface area (Å²) in [5.74, 6) is 1.01. The molecule has 1 unspecified atom stereocenters. The second-order valence-corrected chi connectivity index (χ2v) is 6.31. The molecule has 1 saturated heterocycles. The Morgan fingerprint density at radius 1 is 1.52 bits per heavy atom. The van der Waals surface area contributed by atoms with Crippen molar-refractivity contribution in [2.75, 3.05) is 13.1 Å². The molecule has 128 valence electrons. The fourth-order valence-corrected chi connectivity index (χ4v) is 3.63. The summed E-state index contributed by atoms with van der Waals surface area (Å²) in [5.41, 5.74) is 7.16. The molecule has 2 aromatic rings. The predicted molar refractivity (Wildman–Crippen MR) is 95.8 cm³/mol. The Morgan fingerprint density at radius 2 is 2.30 bits per heavy atom. The number of halogens is 2. The molecule has 0 bridgehead atoms. The Hall–Kier alpha value is -1.08. The largest absolute Gasteiger partial charge is 0.467 e. The van der Waals surface area contributed by atoms with Gasteiger partial charge in [-0.2, -0.15) is 0 Å².